The van der Waals surface area contributed by atoms with Crippen LogP contribution in [0, 0.1) is 0 Å². The van der Waals surface area contributed by atoms with E-state index in [9.17, 15) is 8.78 Å². The number of isocyanates is 1. The van der Waals surface area contributed by atoms with Crippen molar-refractivity contribution in [2.24, 2.45) is 5.16 Å². The van der Waals surface area contributed by atoms with Gasteiger partial charge in [0.05, 0.1) is 0 Å². The summed E-state index contributed by atoms with van der Waals surface area (Å²) >= 11 is 0. The summed E-state index contributed by atoms with van der Waals surface area (Å²) in [6.07, 6.45) is 0.772. The van der Waals surface area contributed by atoms with E-state index in [2.05, 4.69) is 9.99 Å². The fraction of sp³-hybridized carbons (Fsp3) is 0.500. The van der Waals surface area contributed by atoms with Crippen LogP contribution in [0.5, 0.6) is 0 Å². The largest absolute Gasteiger partial charge is 0.408 e. The highest BCUT2D eigenvalue weighted by Gasteiger charge is 1.96. The Morgan fingerprint density at radius 2 is 2.29 bits per heavy atom. The summed E-state index contributed by atoms with van der Waals surface area (Å²) in [6, 6.07) is 0. The van der Waals surface area contributed by atoms with E-state index >= 15 is 0 Å². The van der Waals surface area contributed by atoms with Crippen LogP contribution in [0.4, 0.5) is 8.78 Å². The summed E-state index contributed by atoms with van der Waals surface area (Å²) < 4.78 is 21.5. The van der Waals surface area contributed by atoms with E-state index in [4.69, 9.17) is 4.79 Å². The molecule has 0 heterocycles. The Hall–Kier alpha value is -0.960. The Labute approximate surface area is 37.6 Å². The van der Waals surface area contributed by atoms with Crippen LogP contribution in [-0.2, 0) is 9.63 Å². The fourth-order valence-electron chi connectivity index (χ4n) is 0.0614. The standard InChI is InChI=1S/C2HF2NO2/c3-2(4)7-5-1-6/h2H. The first kappa shape index (κ1) is 6.04. The van der Waals surface area contributed by atoms with Crippen molar-refractivity contribution in [3.05, 3.63) is 0 Å². The number of alkyl halides is 2. The van der Waals surface area contributed by atoms with Crippen LogP contribution in [0.15, 0.2) is 5.16 Å². The van der Waals surface area contributed by atoms with Gasteiger partial charge >= 0.3 is 6.61 Å². The molecule has 0 radical (unpaired) electrons. The molecule has 5 heteroatoms. The molecule has 0 aromatic heterocycles. The molecule has 0 rings (SSSR count). The normalized spacial score (nSPS) is 7.86. The van der Waals surface area contributed by atoms with Gasteiger partial charge in [0.1, 0.15) is 0 Å². The summed E-state index contributed by atoms with van der Waals surface area (Å²) in [5.74, 6) is 0. The van der Waals surface area contributed by atoms with Crippen LogP contribution in [-0.4, -0.2) is 12.7 Å². The van der Waals surface area contributed by atoms with Crippen molar-refractivity contribution in [2.45, 2.75) is 6.61 Å². The zero-order valence-electron chi connectivity index (χ0n) is 3.10. The Balaban J connectivity index is 3.13. The average molecular weight is 109 g/mol. The van der Waals surface area contributed by atoms with Crippen molar-refractivity contribution in [1.82, 2.24) is 0 Å². The molecular weight excluding hydrogens is 108 g/mol. The predicted octanol–water partition coefficient (Wildman–Crippen LogP) is 0.476. The van der Waals surface area contributed by atoms with E-state index in [1.54, 1.807) is 0 Å². The molecule has 0 atom stereocenters. The van der Waals surface area contributed by atoms with E-state index in [1.807, 2.05) is 0 Å². The van der Waals surface area contributed by atoms with Gasteiger partial charge in [-0.2, -0.15) is 8.78 Å². The van der Waals surface area contributed by atoms with E-state index in [0.29, 0.717) is 0 Å². The molecule has 7 heavy (non-hydrogen) atoms. The topological polar surface area (TPSA) is 38.7 Å². The smallest absolute Gasteiger partial charge is 0.315 e. The molecule has 40 valence electrons. The zero-order valence-corrected chi connectivity index (χ0v) is 3.10. The SMILES string of the molecule is O=C=NOC(F)F. The Morgan fingerprint density at radius 3 is 2.43 bits per heavy atom. The van der Waals surface area contributed by atoms with Crippen molar-refractivity contribution in [3.8, 4) is 0 Å². The highest BCUT2D eigenvalue weighted by atomic mass is 19.3. The highest BCUT2D eigenvalue weighted by molar-refractivity contribution is 5.31. The van der Waals surface area contributed by atoms with E-state index in [0.717, 1.165) is 6.08 Å². The van der Waals surface area contributed by atoms with Crippen molar-refractivity contribution >= 4 is 6.08 Å². The Kier molecular flexibility index (Phi) is 2.79. The third-order valence-electron chi connectivity index (χ3n) is 0.170. The van der Waals surface area contributed by atoms with Gasteiger partial charge in [-0.05, 0) is 0 Å². The zero-order chi connectivity index (χ0) is 5.70. The lowest BCUT2D eigenvalue weighted by molar-refractivity contribution is -0.128. The van der Waals surface area contributed by atoms with Gasteiger partial charge in [-0.25, -0.2) is 4.79 Å². The molecule has 0 aliphatic rings. The molecule has 0 saturated heterocycles. The van der Waals surface area contributed by atoms with Gasteiger partial charge in [0, 0.05) is 5.16 Å². The van der Waals surface area contributed by atoms with E-state index < -0.39 is 6.61 Å². The van der Waals surface area contributed by atoms with Gasteiger partial charge in [0.15, 0.2) is 0 Å². The summed E-state index contributed by atoms with van der Waals surface area (Å²) in [5, 5.41) is 2.12. The average Bonchev–Trinajstić information content (AvgIpc) is 1.61. The highest BCUT2D eigenvalue weighted by Crippen LogP contribution is 1.91. The third-order valence-corrected chi connectivity index (χ3v) is 0.170. The maximum Gasteiger partial charge on any atom is 0.408 e. The maximum atomic E-state index is 10.7. The van der Waals surface area contributed by atoms with Gasteiger partial charge in [-0.15, -0.1) is 0 Å². The molecule has 0 amide bonds. The summed E-state index contributed by atoms with van der Waals surface area (Å²) in [6.45, 7) is -3.03. The minimum Gasteiger partial charge on any atom is -0.315 e. The maximum absolute atomic E-state index is 10.7. The van der Waals surface area contributed by atoms with Gasteiger partial charge in [0.25, 0.3) is 6.08 Å². The van der Waals surface area contributed by atoms with E-state index in [-0.39, 0.29) is 0 Å². The summed E-state index contributed by atoms with van der Waals surface area (Å²) in [5.41, 5.74) is 0. The fourth-order valence-corrected chi connectivity index (χ4v) is 0.0614. The minimum absolute atomic E-state index is 0.772. The van der Waals surface area contributed by atoms with Crippen molar-refractivity contribution in [3.63, 3.8) is 0 Å². The van der Waals surface area contributed by atoms with Crippen molar-refractivity contribution in [2.75, 3.05) is 0 Å². The van der Waals surface area contributed by atoms with Crippen LogP contribution in [0.1, 0.15) is 0 Å². The minimum atomic E-state index is -3.03. The second-order valence-electron chi connectivity index (χ2n) is 0.549. The number of hydrogen-bond acceptors (Lipinski definition) is 3. The van der Waals surface area contributed by atoms with Gasteiger partial charge in [0.2, 0.25) is 0 Å². The first-order chi connectivity index (χ1) is 3.27. The van der Waals surface area contributed by atoms with Crippen LogP contribution in [0.3, 0.4) is 0 Å². The molecule has 3 nitrogen and oxygen atoms in total. The van der Waals surface area contributed by atoms with Crippen molar-refractivity contribution in [1.29, 1.82) is 0 Å². The summed E-state index contributed by atoms with van der Waals surface area (Å²) in [7, 11) is 0. The lowest BCUT2D eigenvalue weighted by Gasteiger charge is -1.86. The number of hydrogen-bond donors (Lipinski definition) is 0. The Morgan fingerprint density at radius 1 is 1.71 bits per heavy atom. The quantitative estimate of drug-likeness (QED) is 0.294. The molecular formula is C2HF2NO2. The molecule has 0 fully saturated rings. The van der Waals surface area contributed by atoms with Gasteiger partial charge in [-0.3, -0.25) is 0 Å². The van der Waals surface area contributed by atoms with E-state index in [1.165, 1.54) is 0 Å². The number of nitrogens with zero attached hydrogens (tertiary/aromatic N) is 1. The van der Waals surface area contributed by atoms with Gasteiger partial charge in [-0.1, -0.05) is 0 Å². The molecule has 0 bridgehead atoms. The predicted molar refractivity (Wildman–Crippen MR) is 15.2 cm³/mol. The lowest BCUT2D eigenvalue weighted by atomic mass is 11.5. The number of halogens is 2. The molecule has 0 unspecified atom stereocenters. The molecule has 0 saturated carbocycles. The molecule has 0 aliphatic heterocycles. The lowest BCUT2D eigenvalue weighted by Crippen LogP contribution is -1.89. The summed E-state index contributed by atoms with van der Waals surface area (Å²) in [4.78, 5) is 12.0. The molecule has 0 aromatic carbocycles. The number of carbonyl (C=O) groups excluding carboxylic acids is 1. The first-order valence-electron chi connectivity index (χ1n) is 1.28. The van der Waals surface area contributed by atoms with Crippen LogP contribution < -0.4 is 0 Å². The number of rotatable bonds is 2. The second-order valence-corrected chi connectivity index (χ2v) is 0.549. The molecule has 0 aromatic rings. The van der Waals surface area contributed by atoms with Crippen LogP contribution in [0.2, 0.25) is 0 Å². The third kappa shape index (κ3) is 5.04. The van der Waals surface area contributed by atoms with Crippen molar-refractivity contribution < 1.29 is 18.4 Å². The molecule has 0 aliphatic carbocycles. The molecule has 0 N–H and O–H groups in total. The Bertz CT molecular complexity index is 87.7. The molecule has 0 spiro atoms. The van der Waals surface area contributed by atoms with Crippen LogP contribution >= 0.6 is 0 Å². The van der Waals surface area contributed by atoms with Crippen LogP contribution in [0.25, 0.3) is 0 Å². The van der Waals surface area contributed by atoms with Gasteiger partial charge < -0.3 is 4.84 Å². The second kappa shape index (κ2) is 3.24. The monoisotopic (exact) mass is 109 g/mol. The first-order valence-corrected chi connectivity index (χ1v) is 1.28.